The standard InChI is InChI=1S/C21H15F/c1-12-6-7-14-10-17-15-5-3-2-4-13(15)8-9-16(17)18-11-19(22)20(12)21(14)18/h2-10,19H,11H2,1H3. The highest BCUT2D eigenvalue weighted by Crippen LogP contribution is 2.45. The summed E-state index contributed by atoms with van der Waals surface area (Å²) < 4.78 is 14.6. The summed E-state index contributed by atoms with van der Waals surface area (Å²) in [6, 6.07) is 19.2. The predicted molar refractivity (Wildman–Crippen MR) is 91.3 cm³/mol. The third-order valence-electron chi connectivity index (χ3n) is 5.09. The second kappa shape index (κ2) is 4.07. The van der Waals surface area contributed by atoms with Gasteiger partial charge in [0.25, 0.3) is 0 Å². The van der Waals surface area contributed by atoms with Crippen LogP contribution in [0.2, 0.25) is 0 Å². The molecule has 1 unspecified atom stereocenters. The van der Waals surface area contributed by atoms with Gasteiger partial charge < -0.3 is 0 Å². The molecule has 0 aromatic heterocycles. The van der Waals surface area contributed by atoms with Crippen LogP contribution < -0.4 is 0 Å². The molecule has 106 valence electrons. The average Bonchev–Trinajstić information content (AvgIpc) is 2.89. The van der Waals surface area contributed by atoms with Gasteiger partial charge in [0.15, 0.2) is 0 Å². The van der Waals surface area contributed by atoms with E-state index in [9.17, 15) is 4.39 Å². The number of hydrogen-bond acceptors (Lipinski definition) is 0. The van der Waals surface area contributed by atoms with Gasteiger partial charge in [0.1, 0.15) is 6.17 Å². The number of aryl methyl sites for hydroxylation is 1. The first kappa shape index (κ1) is 12.2. The lowest BCUT2D eigenvalue weighted by Gasteiger charge is -2.10. The van der Waals surface area contributed by atoms with Crippen molar-refractivity contribution < 1.29 is 4.39 Å². The number of hydrogen-bond donors (Lipinski definition) is 0. The van der Waals surface area contributed by atoms with Gasteiger partial charge in [0, 0.05) is 6.42 Å². The van der Waals surface area contributed by atoms with Crippen molar-refractivity contribution in [2.24, 2.45) is 0 Å². The zero-order chi connectivity index (χ0) is 14.8. The molecule has 0 bridgehead atoms. The van der Waals surface area contributed by atoms with E-state index in [1.54, 1.807) is 0 Å². The molecule has 0 saturated heterocycles. The maximum atomic E-state index is 14.6. The first-order valence-electron chi connectivity index (χ1n) is 7.74. The first-order valence-corrected chi connectivity index (χ1v) is 7.74. The smallest absolute Gasteiger partial charge is 0.130 e. The van der Waals surface area contributed by atoms with E-state index in [-0.39, 0.29) is 0 Å². The highest BCUT2D eigenvalue weighted by molar-refractivity contribution is 6.15. The molecule has 0 spiro atoms. The fraction of sp³-hybridized carbons (Fsp3) is 0.143. The van der Waals surface area contributed by atoms with Crippen LogP contribution in [0.15, 0.2) is 54.6 Å². The molecule has 1 heteroatoms. The summed E-state index contributed by atoms with van der Waals surface area (Å²) in [5.74, 6) is 0. The zero-order valence-electron chi connectivity index (χ0n) is 12.4. The average molecular weight is 286 g/mol. The molecule has 0 nitrogen and oxygen atoms in total. The van der Waals surface area contributed by atoms with E-state index in [4.69, 9.17) is 0 Å². The quantitative estimate of drug-likeness (QED) is 0.274. The van der Waals surface area contributed by atoms with Crippen LogP contribution >= 0.6 is 0 Å². The SMILES string of the molecule is Cc1ccc2cc3c(ccc4ccccc43)c3c2c1C(F)C3. The fourth-order valence-electron chi connectivity index (χ4n) is 4.10. The minimum atomic E-state index is -0.865. The number of rotatable bonds is 0. The van der Waals surface area contributed by atoms with Crippen molar-refractivity contribution in [3.63, 3.8) is 0 Å². The summed E-state index contributed by atoms with van der Waals surface area (Å²) in [6.07, 6.45) is -0.359. The Hall–Kier alpha value is -2.41. The zero-order valence-corrected chi connectivity index (χ0v) is 12.4. The van der Waals surface area contributed by atoms with Crippen molar-refractivity contribution in [2.75, 3.05) is 0 Å². The Balaban J connectivity index is 2.06. The van der Waals surface area contributed by atoms with Gasteiger partial charge in [-0.3, -0.25) is 0 Å². The van der Waals surface area contributed by atoms with Crippen molar-refractivity contribution >= 4 is 32.3 Å². The van der Waals surface area contributed by atoms with E-state index in [0.717, 1.165) is 16.5 Å². The maximum absolute atomic E-state index is 14.6. The predicted octanol–water partition coefficient (Wildman–Crippen LogP) is 6.02. The normalized spacial score (nSPS) is 16.9. The molecule has 0 amide bonds. The van der Waals surface area contributed by atoms with Crippen LogP contribution in [-0.2, 0) is 6.42 Å². The molecular weight excluding hydrogens is 271 g/mol. The first-order chi connectivity index (χ1) is 10.7. The molecule has 1 atom stereocenters. The van der Waals surface area contributed by atoms with Crippen LogP contribution in [0, 0.1) is 6.92 Å². The number of benzene rings is 4. The minimum absolute atomic E-state index is 0.506. The van der Waals surface area contributed by atoms with Gasteiger partial charge in [-0.25, -0.2) is 4.39 Å². The largest absolute Gasteiger partial charge is 0.242 e. The Bertz CT molecular complexity index is 1080. The monoisotopic (exact) mass is 286 g/mol. The molecule has 5 rings (SSSR count). The van der Waals surface area contributed by atoms with Crippen LogP contribution in [0.3, 0.4) is 0 Å². The van der Waals surface area contributed by atoms with Crippen LogP contribution in [0.4, 0.5) is 4.39 Å². The van der Waals surface area contributed by atoms with Crippen molar-refractivity contribution in [3.05, 3.63) is 71.3 Å². The molecule has 22 heavy (non-hydrogen) atoms. The number of alkyl halides is 1. The van der Waals surface area contributed by atoms with Crippen LogP contribution in [0.25, 0.3) is 32.3 Å². The van der Waals surface area contributed by atoms with Gasteiger partial charge in [0.2, 0.25) is 0 Å². The molecule has 0 N–H and O–H groups in total. The third kappa shape index (κ3) is 1.41. The van der Waals surface area contributed by atoms with E-state index in [0.29, 0.717) is 6.42 Å². The summed E-state index contributed by atoms with van der Waals surface area (Å²) in [5.41, 5.74) is 3.16. The summed E-state index contributed by atoms with van der Waals surface area (Å²) in [5, 5.41) is 7.25. The van der Waals surface area contributed by atoms with Crippen molar-refractivity contribution in [2.45, 2.75) is 19.5 Å². The molecule has 0 heterocycles. The fourth-order valence-corrected chi connectivity index (χ4v) is 4.10. The number of fused-ring (bicyclic) bond motifs is 4. The van der Waals surface area contributed by atoms with Crippen molar-refractivity contribution in [1.29, 1.82) is 0 Å². The molecule has 0 fully saturated rings. The lowest BCUT2D eigenvalue weighted by Crippen LogP contribution is -1.89. The molecule has 0 radical (unpaired) electrons. The summed E-state index contributed by atoms with van der Waals surface area (Å²) in [6.45, 7) is 2.01. The summed E-state index contributed by atoms with van der Waals surface area (Å²) in [4.78, 5) is 0. The van der Waals surface area contributed by atoms with Crippen LogP contribution in [-0.4, -0.2) is 0 Å². The third-order valence-corrected chi connectivity index (χ3v) is 5.09. The maximum Gasteiger partial charge on any atom is 0.130 e. The van der Waals surface area contributed by atoms with Gasteiger partial charge in [0.05, 0.1) is 0 Å². The minimum Gasteiger partial charge on any atom is -0.242 e. The van der Waals surface area contributed by atoms with Gasteiger partial charge in [-0.15, -0.1) is 0 Å². The number of halogens is 1. The Morgan fingerprint density at radius 1 is 0.864 bits per heavy atom. The molecule has 1 aliphatic carbocycles. The van der Waals surface area contributed by atoms with Gasteiger partial charge >= 0.3 is 0 Å². The van der Waals surface area contributed by atoms with E-state index in [1.165, 1.54) is 32.5 Å². The van der Waals surface area contributed by atoms with Gasteiger partial charge in [-0.1, -0.05) is 48.5 Å². The highest BCUT2D eigenvalue weighted by atomic mass is 19.1. The van der Waals surface area contributed by atoms with Crippen LogP contribution in [0.1, 0.15) is 22.9 Å². The highest BCUT2D eigenvalue weighted by Gasteiger charge is 2.27. The second-order valence-electron chi connectivity index (χ2n) is 6.30. The molecule has 0 aliphatic heterocycles. The lowest BCUT2D eigenvalue weighted by atomic mass is 9.93. The Morgan fingerprint density at radius 3 is 2.59 bits per heavy atom. The van der Waals surface area contributed by atoms with E-state index >= 15 is 0 Å². The van der Waals surface area contributed by atoms with E-state index < -0.39 is 6.17 Å². The molecular formula is C21H15F. The Labute approximate surface area is 128 Å². The van der Waals surface area contributed by atoms with Crippen molar-refractivity contribution in [1.82, 2.24) is 0 Å². The van der Waals surface area contributed by atoms with Crippen LogP contribution in [0.5, 0.6) is 0 Å². The van der Waals surface area contributed by atoms with Gasteiger partial charge in [-0.2, -0.15) is 0 Å². The summed E-state index contributed by atoms with van der Waals surface area (Å²) >= 11 is 0. The van der Waals surface area contributed by atoms with E-state index in [1.807, 2.05) is 6.92 Å². The topological polar surface area (TPSA) is 0 Å². The van der Waals surface area contributed by atoms with E-state index in [2.05, 4.69) is 54.6 Å². The molecule has 4 aromatic rings. The summed E-state index contributed by atoms with van der Waals surface area (Å²) in [7, 11) is 0. The Kier molecular flexibility index (Phi) is 2.25. The molecule has 1 aliphatic rings. The van der Waals surface area contributed by atoms with Crippen molar-refractivity contribution in [3.8, 4) is 0 Å². The second-order valence-corrected chi connectivity index (χ2v) is 6.30. The molecule has 4 aromatic carbocycles. The lowest BCUT2D eigenvalue weighted by molar-refractivity contribution is 0.353. The van der Waals surface area contributed by atoms with Gasteiger partial charge in [-0.05, 0) is 62.0 Å². The molecule has 0 saturated carbocycles. The Morgan fingerprint density at radius 2 is 1.68 bits per heavy atom.